The number of amides is 1. The molecular formula is C23H27FN2O5. The zero-order valence-electron chi connectivity index (χ0n) is 17.9. The van der Waals surface area contributed by atoms with Gasteiger partial charge in [-0.1, -0.05) is 12.1 Å². The summed E-state index contributed by atoms with van der Waals surface area (Å²) in [5, 5.41) is 8.91. The molecule has 1 aliphatic rings. The van der Waals surface area contributed by atoms with E-state index in [1.807, 2.05) is 32.9 Å². The Morgan fingerprint density at radius 2 is 1.90 bits per heavy atom. The molecule has 1 aliphatic heterocycles. The Morgan fingerprint density at radius 1 is 1.19 bits per heavy atom. The first-order valence-corrected chi connectivity index (χ1v) is 10.2. The molecule has 0 aliphatic carbocycles. The fraction of sp³-hybridized carbons (Fsp3) is 0.435. The molecule has 0 unspecified atom stereocenters. The quantitative estimate of drug-likeness (QED) is 0.745. The molecule has 1 fully saturated rings. The SMILES string of the molecule is CC(C)(C)OC(=O)N1CCC(c2cccc(OCc3ccc(C(=O)O)c(F)c3)n2)CC1. The topological polar surface area (TPSA) is 89.0 Å². The standard InChI is InChI=1S/C23H27FN2O5/c1-23(2,3)31-22(29)26-11-9-16(10-12-26)19-5-4-6-20(25-19)30-14-15-7-8-17(21(27)28)18(24)13-15/h4-8,13,16H,9-12,14H2,1-3H3,(H,27,28). The van der Waals surface area contributed by atoms with Crippen LogP contribution in [-0.2, 0) is 11.3 Å². The van der Waals surface area contributed by atoms with Crippen molar-refractivity contribution in [3.8, 4) is 5.88 Å². The van der Waals surface area contributed by atoms with Crippen LogP contribution in [0.2, 0.25) is 0 Å². The van der Waals surface area contributed by atoms with Gasteiger partial charge in [-0.15, -0.1) is 0 Å². The van der Waals surface area contributed by atoms with E-state index < -0.39 is 17.4 Å². The number of piperidine rings is 1. The van der Waals surface area contributed by atoms with Gasteiger partial charge in [0.05, 0.1) is 5.56 Å². The van der Waals surface area contributed by atoms with Gasteiger partial charge in [-0.3, -0.25) is 0 Å². The normalized spacial score (nSPS) is 14.9. The third kappa shape index (κ3) is 6.16. The Balaban J connectivity index is 1.57. The molecule has 8 heteroatoms. The van der Waals surface area contributed by atoms with Crippen LogP contribution in [0.1, 0.15) is 61.1 Å². The zero-order valence-corrected chi connectivity index (χ0v) is 17.9. The molecule has 1 N–H and O–H groups in total. The number of benzene rings is 1. The lowest BCUT2D eigenvalue weighted by molar-refractivity contribution is 0.0203. The number of ether oxygens (including phenoxy) is 2. The van der Waals surface area contributed by atoms with E-state index in [1.54, 1.807) is 11.0 Å². The van der Waals surface area contributed by atoms with Gasteiger partial charge in [-0.2, -0.15) is 0 Å². The van der Waals surface area contributed by atoms with E-state index in [9.17, 15) is 14.0 Å². The second kappa shape index (κ2) is 9.32. The Kier molecular flexibility index (Phi) is 6.77. The number of likely N-dealkylation sites (tertiary alicyclic amines) is 1. The highest BCUT2D eigenvalue weighted by molar-refractivity contribution is 5.87. The second-order valence-electron chi connectivity index (χ2n) is 8.55. The van der Waals surface area contributed by atoms with E-state index in [0.717, 1.165) is 24.6 Å². The van der Waals surface area contributed by atoms with E-state index in [2.05, 4.69) is 4.98 Å². The zero-order chi connectivity index (χ0) is 22.6. The average Bonchev–Trinajstić information content (AvgIpc) is 2.71. The second-order valence-corrected chi connectivity index (χ2v) is 8.55. The van der Waals surface area contributed by atoms with Crippen LogP contribution in [0.5, 0.6) is 5.88 Å². The number of rotatable bonds is 5. The molecule has 1 saturated heterocycles. The minimum atomic E-state index is -1.31. The highest BCUT2D eigenvalue weighted by atomic mass is 19.1. The van der Waals surface area contributed by atoms with Crippen LogP contribution in [0, 0.1) is 5.82 Å². The number of hydrogen-bond donors (Lipinski definition) is 1. The number of aromatic carboxylic acids is 1. The smallest absolute Gasteiger partial charge is 0.410 e. The van der Waals surface area contributed by atoms with Crippen LogP contribution in [0.25, 0.3) is 0 Å². The Labute approximate surface area is 180 Å². The van der Waals surface area contributed by atoms with E-state index in [-0.39, 0.29) is 24.2 Å². The summed E-state index contributed by atoms with van der Waals surface area (Å²) in [6.45, 7) is 6.82. The van der Waals surface area contributed by atoms with Crippen LogP contribution in [0.4, 0.5) is 9.18 Å². The van der Waals surface area contributed by atoms with Crippen molar-refractivity contribution >= 4 is 12.1 Å². The molecule has 0 atom stereocenters. The van der Waals surface area contributed by atoms with Gasteiger partial charge < -0.3 is 19.5 Å². The maximum absolute atomic E-state index is 13.8. The lowest BCUT2D eigenvalue weighted by atomic mass is 9.93. The van der Waals surface area contributed by atoms with Crippen molar-refractivity contribution in [3.63, 3.8) is 0 Å². The number of nitrogens with zero attached hydrogens (tertiary/aromatic N) is 2. The molecule has 166 valence electrons. The molecule has 3 rings (SSSR count). The lowest BCUT2D eigenvalue weighted by Crippen LogP contribution is -2.41. The third-order valence-electron chi connectivity index (χ3n) is 4.96. The Bertz CT molecular complexity index is 949. The van der Waals surface area contributed by atoms with Crippen LogP contribution in [0.3, 0.4) is 0 Å². The number of carbonyl (C=O) groups is 2. The Morgan fingerprint density at radius 3 is 2.52 bits per heavy atom. The van der Waals surface area contributed by atoms with E-state index in [4.69, 9.17) is 14.6 Å². The van der Waals surface area contributed by atoms with Crippen LogP contribution in [-0.4, -0.2) is 45.7 Å². The van der Waals surface area contributed by atoms with Crippen molar-refractivity contribution in [2.24, 2.45) is 0 Å². The maximum Gasteiger partial charge on any atom is 0.410 e. The molecule has 1 aromatic heterocycles. The van der Waals surface area contributed by atoms with Gasteiger partial charge in [0.1, 0.15) is 18.0 Å². The van der Waals surface area contributed by atoms with Gasteiger partial charge in [0.15, 0.2) is 0 Å². The van der Waals surface area contributed by atoms with Crippen molar-refractivity contribution in [2.45, 2.75) is 51.7 Å². The van der Waals surface area contributed by atoms with Crippen molar-refractivity contribution in [1.82, 2.24) is 9.88 Å². The van der Waals surface area contributed by atoms with Crippen LogP contribution < -0.4 is 4.74 Å². The summed E-state index contributed by atoms with van der Waals surface area (Å²) in [4.78, 5) is 29.4. The predicted molar refractivity (Wildman–Crippen MR) is 112 cm³/mol. The third-order valence-corrected chi connectivity index (χ3v) is 4.96. The number of pyridine rings is 1. The molecule has 0 saturated carbocycles. The molecule has 1 aromatic carbocycles. The first-order chi connectivity index (χ1) is 14.6. The highest BCUT2D eigenvalue weighted by Gasteiger charge is 2.28. The largest absolute Gasteiger partial charge is 0.478 e. The predicted octanol–water partition coefficient (Wildman–Crippen LogP) is 4.61. The van der Waals surface area contributed by atoms with Gasteiger partial charge >= 0.3 is 12.1 Å². The summed E-state index contributed by atoms with van der Waals surface area (Å²) < 4.78 is 24.9. The molecule has 0 radical (unpaired) electrons. The first kappa shape index (κ1) is 22.5. The summed E-state index contributed by atoms with van der Waals surface area (Å²) in [6.07, 6.45) is 1.26. The summed E-state index contributed by atoms with van der Waals surface area (Å²) in [5.74, 6) is -1.49. The van der Waals surface area contributed by atoms with Crippen molar-refractivity contribution in [3.05, 3.63) is 59.0 Å². The lowest BCUT2D eigenvalue weighted by Gasteiger charge is -2.33. The summed E-state index contributed by atoms with van der Waals surface area (Å²) in [5.41, 5.74) is 0.508. The molecule has 2 aromatic rings. The van der Waals surface area contributed by atoms with E-state index >= 15 is 0 Å². The van der Waals surface area contributed by atoms with Crippen molar-refractivity contribution < 1.29 is 28.6 Å². The minimum absolute atomic E-state index is 0.0738. The summed E-state index contributed by atoms with van der Waals surface area (Å²) in [7, 11) is 0. The molecule has 0 bridgehead atoms. The average molecular weight is 430 g/mol. The Hall–Kier alpha value is -3.16. The maximum atomic E-state index is 13.8. The van der Waals surface area contributed by atoms with Crippen LogP contribution in [0.15, 0.2) is 36.4 Å². The van der Waals surface area contributed by atoms with Gasteiger partial charge in [0.2, 0.25) is 5.88 Å². The minimum Gasteiger partial charge on any atom is -0.478 e. The monoisotopic (exact) mass is 430 g/mol. The molecular weight excluding hydrogens is 403 g/mol. The molecule has 7 nitrogen and oxygen atoms in total. The number of halogens is 1. The van der Waals surface area contributed by atoms with Gasteiger partial charge in [-0.25, -0.2) is 19.0 Å². The fourth-order valence-corrected chi connectivity index (χ4v) is 3.40. The van der Waals surface area contributed by atoms with Crippen LogP contribution >= 0.6 is 0 Å². The van der Waals surface area contributed by atoms with Gasteiger partial charge in [0.25, 0.3) is 0 Å². The van der Waals surface area contributed by atoms with Crippen molar-refractivity contribution in [2.75, 3.05) is 13.1 Å². The van der Waals surface area contributed by atoms with E-state index in [0.29, 0.717) is 24.5 Å². The fourth-order valence-electron chi connectivity index (χ4n) is 3.40. The highest BCUT2D eigenvalue weighted by Crippen LogP contribution is 2.28. The molecule has 2 heterocycles. The number of carboxylic acid groups (broad SMARTS) is 1. The van der Waals surface area contributed by atoms with Crippen molar-refractivity contribution in [1.29, 1.82) is 0 Å². The molecule has 1 amide bonds. The molecule has 31 heavy (non-hydrogen) atoms. The van der Waals surface area contributed by atoms with Gasteiger partial charge in [-0.05, 0) is 57.4 Å². The molecule has 0 spiro atoms. The summed E-state index contributed by atoms with van der Waals surface area (Å²) >= 11 is 0. The summed E-state index contributed by atoms with van der Waals surface area (Å²) in [6, 6.07) is 9.40. The number of aromatic nitrogens is 1. The van der Waals surface area contributed by atoms with Gasteiger partial charge in [0, 0.05) is 30.8 Å². The number of carboxylic acids is 1. The van der Waals surface area contributed by atoms with E-state index in [1.165, 1.54) is 12.1 Å². The first-order valence-electron chi connectivity index (χ1n) is 10.2. The number of carbonyl (C=O) groups excluding carboxylic acids is 1. The number of hydrogen-bond acceptors (Lipinski definition) is 5.